The van der Waals surface area contributed by atoms with E-state index >= 15 is 0 Å². The second-order valence-electron chi connectivity index (χ2n) is 2.68. The Morgan fingerprint density at radius 2 is 2.23 bits per heavy atom. The average molecular weight is 181 g/mol. The molecule has 2 heterocycles. The molecule has 7 nitrogen and oxygen atoms in total. The van der Waals surface area contributed by atoms with Crippen LogP contribution in [0.1, 0.15) is 0 Å². The van der Waals surface area contributed by atoms with Gasteiger partial charge < -0.3 is 11.1 Å². The van der Waals surface area contributed by atoms with Gasteiger partial charge in [-0.05, 0) is 0 Å². The fourth-order valence-corrected chi connectivity index (χ4v) is 1.19. The van der Waals surface area contributed by atoms with Crippen LogP contribution >= 0.6 is 0 Å². The number of amides is 2. The molecule has 0 aromatic heterocycles. The first-order valence-corrected chi connectivity index (χ1v) is 3.64. The maximum absolute atomic E-state index is 11.2. The lowest BCUT2D eigenvalue weighted by atomic mass is 10.1. The van der Waals surface area contributed by atoms with Crippen molar-refractivity contribution in [1.82, 2.24) is 10.6 Å². The second-order valence-corrected chi connectivity index (χ2v) is 2.68. The van der Waals surface area contributed by atoms with Gasteiger partial charge in [0.1, 0.15) is 0 Å². The summed E-state index contributed by atoms with van der Waals surface area (Å²) in [5.74, 6) is -0.718. The zero-order valence-electron chi connectivity index (χ0n) is 6.52. The molecule has 2 amide bonds. The van der Waals surface area contributed by atoms with E-state index in [9.17, 15) is 9.59 Å². The van der Waals surface area contributed by atoms with Gasteiger partial charge in [0.05, 0.1) is 6.21 Å². The van der Waals surface area contributed by atoms with Gasteiger partial charge in [0.2, 0.25) is 0 Å². The lowest BCUT2D eigenvalue weighted by Gasteiger charge is -2.27. The molecule has 0 aromatic carbocycles. The molecule has 0 bridgehead atoms. The smallest absolute Gasteiger partial charge is 0.263 e. The largest absolute Gasteiger partial charge is 0.370 e. The van der Waals surface area contributed by atoms with Gasteiger partial charge in [0, 0.05) is 0 Å². The Morgan fingerprint density at radius 3 is 3.00 bits per heavy atom. The van der Waals surface area contributed by atoms with Crippen LogP contribution in [0.25, 0.3) is 0 Å². The van der Waals surface area contributed by atoms with Crippen molar-refractivity contribution in [3.63, 3.8) is 0 Å². The minimum atomic E-state index is -0.690. The Bertz CT molecular complexity index is 334. The van der Waals surface area contributed by atoms with Crippen molar-refractivity contribution in [2.75, 3.05) is 0 Å². The van der Waals surface area contributed by atoms with Gasteiger partial charge in [-0.15, -0.1) is 0 Å². The summed E-state index contributed by atoms with van der Waals surface area (Å²) in [6.45, 7) is 0. The summed E-state index contributed by atoms with van der Waals surface area (Å²) < 4.78 is 0. The lowest BCUT2D eigenvalue weighted by molar-refractivity contribution is -0.123. The molecular formula is C6H7N5O2. The van der Waals surface area contributed by atoms with Gasteiger partial charge in [0.15, 0.2) is 18.2 Å². The van der Waals surface area contributed by atoms with E-state index in [2.05, 4.69) is 20.6 Å². The van der Waals surface area contributed by atoms with Gasteiger partial charge in [-0.25, -0.2) is 4.99 Å². The molecule has 0 unspecified atom stereocenters. The number of nitrogens with zero attached hydrogens (tertiary/aromatic N) is 2. The Hall–Kier alpha value is -1.92. The maximum Gasteiger partial charge on any atom is 0.263 e. The number of aliphatic imine (C=N–C) groups is 2. The van der Waals surface area contributed by atoms with E-state index in [-0.39, 0.29) is 17.8 Å². The van der Waals surface area contributed by atoms with E-state index in [1.54, 1.807) is 0 Å². The van der Waals surface area contributed by atoms with E-state index in [0.717, 1.165) is 6.21 Å². The fraction of sp³-hybridized carbons (Fsp3) is 0.333. The lowest BCUT2D eigenvalue weighted by Crippen LogP contribution is -2.59. The Morgan fingerprint density at radius 1 is 1.46 bits per heavy atom. The molecule has 0 aromatic rings. The summed E-state index contributed by atoms with van der Waals surface area (Å²) in [6.07, 6.45) is 0.406. The highest BCUT2D eigenvalue weighted by Crippen LogP contribution is 2.07. The summed E-state index contributed by atoms with van der Waals surface area (Å²) in [5, 5.41) is 4.78. The second kappa shape index (κ2) is 2.54. The predicted octanol–water partition coefficient (Wildman–Crippen LogP) is -2.67. The summed E-state index contributed by atoms with van der Waals surface area (Å²) in [5.41, 5.74) is 5.29. The first kappa shape index (κ1) is 7.71. The summed E-state index contributed by atoms with van der Waals surface area (Å²) in [6, 6.07) is -0.690. The van der Waals surface area contributed by atoms with Gasteiger partial charge >= 0.3 is 0 Å². The van der Waals surface area contributed by atoms with Crippen molar-refractivity contribution in [3.8, 4) is 0 Å². The van der Waals surface area contributed by atoms with Crippen LogP contribution < -0.4 is 16.4 Å². The third-order valence-corrected chi connectivity index (χ3v) is 1.74. The highest BCUT2D eigenvalue weighted by molar-refractivity contribution is 6.27. The minimum Gasteiger partial charge on any atom is -0.370 e. The van der Waals surface area contributed by atoms with Crippen LogP contribution in [0.3, 0.4) is 0 Å². The predicted molar refractivity (Wildman–Crippen MR) is 44.0 cm³/mol. The quantitative estimate of drug-likeness (QED) is 0.379. The zero-order valence-corrected chi connectivity index (χ0v) is 6.52. The molecule has 2 rings (SSSR count). The maximum atomic E-state index is 11.2. The van der Waals surface area contributed by atoms with Crippen molar-refractivity contribution in [2.45, 2.75) is 12.2 Å². The van der Waals surface area contributed by atoms with Crippen molar-refractivity contribution in [2.24, 2.45) is 15.7 Å². The first-order valence-electron chi connectivity index (χ1n) is 3.64. The van der Waals surface area contributed by atoms with Gasteiger partial charge in [-0.2, -0.15) is 0 Å². The van der Waals surface area contributed by atoms with Crippen LogP contribution in [-0.2, 0) is 9.59 Å². The number of hydrogen-bond acceptors (Lipinski definition) is 5. The SMILES string of the molecule is NC1=N[C@@H]2NC(=O)C=N[C@@H]2C(=O)N1. The highest BCUT2D eigenvalue weighted by Gasteiger charge is 2.35. The summed E-state index contributed by atoms with van der Waals surface area (Å²) >= 11 is 0. The normalized spacial score (nSPS) is 31.5. The van der Waals surface area contributed by atoms with Gasteiger partial charge in [-0.3, -0.25) is 19.9 Å². The van der Waals surface area contributed by atoms with Crippen LogP contribution in [0.4, 0.5) is 0 Å². The number of rotatable bonds is 0. The molecule has 2 aliphatic heterocycles. The third kappa shape index (κ3) is 1.24. The van der Waals surface area contributed by atoms with Crippen LogP contribution in [0.15, 0.2) is 9.98 Å². The molecule has 0 fully saturated rings. The van der Waals surface area contributed by atoms with E-state index in [1.807, 2.05) is 0 Å². The molecule has 0 aliphatic carbocycles. The van der Waals surface area contributed by atoms with Gasteiger partial charge in [-0.1, -0.05) is 0 Å². The molecule has 0 saturated heterocycles. The van der Waals surface area contributed by atoms with Crippen molar-refractivity contribution >= 4 is 24.0 Å². The Labute approximate surface area is 73.1 Å². The number of fused-ring (bicyclic) bond motifs is 1. The molecule has 13 heavy (non-hydrogen) atoms. The fourth-order valence-electron chi connectivity index (χ4n) is 1.19. The number of carbonyl (C=O) groups excluding carboxylic acids is 2. The highest BCUT2D eigenvalue weighted by atomic mass is 16.2. The summed E-state index contributed by atoms with van der Waals surface area (Å²) in [7, 11) is 0. The molecule has 68 valence electrons. The monoisotopic (exact) mass is 181 g/mol. The molecule has 0 saturated carbocycles. The van der Waals surface area contributed by atoms with Crippen LogP contribution in [0, 0.1) is 0 Å². The standard InChI is InChI=1S/C6H7N5O2/c7-6-10-4-3(5(13)11-6)8-1-2(12)9-4/h1,3-4H,(H,9,12)(H3,7,10,11,13)/t3-,4-/m0/s1. The Balaban J connectivity index is 2.33. The molecule has 4 N–H and O–H groups in total. The van der Waals surface area contributed by atoms with Gasteiger partial charge in [0.25, 0.3) is 11.8 Å². The average Bonchev–Trinajstić information content (AvgIpc) is 2.02. The first-order chi connectivity index (χ1) is 6.16. The van der Waals surface area contributed by atoms with Crippen LogP contribution in [-0.4, -0.2) is 36.2 Å². The summed E-state index contributed by atoms with van der Waals surface area (Å²) in [4.78, 5) is 29.6. The van der Waals surface area contributed by atoms with Crippen LogP contribution in [0.2, 0.25) is 0 Å². The van der Waals surface area contributed by atoms with E-state index in [0.29, 0.717) is 0 Å². The topological polar surface area (TPSA) is 109 Å². The molecule has 2 atom stereocenters. The van der Waals surface area contributed by atoms with Crippen LogP contribution in [0.5, 0.6) is 0 Å². The van der Waals surface area contributed by atoms with Crippen molar-refractivity contribution < 1.29 is 9.59 Å². The number of guanidine groups is 1. The molecular weight excluding hydrogens is 174 g/mol. The van der Waals surface area contributed by atoms with Crippen molar-refractivity contribution in [3.05, 3.63) is 0 Å². The molecule has 7 heteroatoms. The minimum absolute atomic E-state index is 0.00338. The van der Waals surface area contributed by atoms with E-state index in [4.69, 9.17) is 5.73 Å². The molecule has 0 spiro atoms. The van der Waals surface area contributed by atoms with Crippen molar-refractivity contribution in [1.29, 1.82) is 0 Å². The number of nitrogens with two attached hydrogens (primary N) is 1. The molecule has 0 radical (unpaired) electrons. The zero-order chi connectivity index (χ0) is 9.42. The molecule has 2 aliphatic rings. The van der Waals surface area contributed by atoms with E-state index < -0.39 is 12.2 Å². The van der Waals surface area contributed by atoms with E-state index in [1.165, 1.54) is 0 Å². The number of carbonyl (C=O) groups is 2. The Kier molecular flexibility index (Phi) is 1.51. The number of nitrogens with one attached hydrogen (secondary N) is 2. The number of hydrogen-bond donors (Lipinski definition) is 3. The third-order valence-electron chi connectivity index (χ3n) is 1.74.